The van der Waals surface area contributed by atoms with Gasteiger partial charge < -0.3 is 10.2 Å². The number of aromatic nitrogens is 3. The van der Waals surface area contributed by atoms with Crippen LogP contribution in [0.25, 0.3) is 10.2 Å². The quantitative estimate of drug-likeness (QED) is 0.799. The van der Waals surface area contributed by atoms with Gasteiger partial charge in [-0.25, -0.2) is 15.0 Å². The Bertz CT molecular complexity index is 801. The van der Waals surface area contributed by atoms with Crippen LogP contribution in [0, 0.1) is 6.92 Å². The Labute approximate surface area is 139 Å². The summed E-state index contributed by atoms with van der Waals surface area (Å²) in [6.45, 7) is 4.11. The Kier molecular flexibility index (Phi) is 3.83. The number of rotatable bonds is 3. The van der Waals surface area contributed by atoms with Crippen molar-refractivity contribution in [1.29, 1.82) is 0 Å². The molecule has 0 aliphatic carbocycles. The van der Waals surface area contributed by atoms with E-state index in [1.807, 2.05) is 18.3 Å². The van der Waals surface area contributed by atoms with Crippen LogP contribution < -0.4 is 10.2 Å². The van der Waals surface area contributed by atoms with Gasteiger partial charge in [0.25, 0.3) is 0 Å². The third kappa shape index (κ3) is 2.86. The van der Waals surface area contributed by atoms with E-state index < -0.39 is 0 Å². The maximum atomic E-state index is 4.47. The van der Waals surface area contributed by atoms with E-state index in [1.54, 1.807) is 17.7 Å². The van der Waals surface area contributed by atoms with Gasteiger partial charge in [-0.2, -0.15) is 0 Å². The number of aryl methyl sites for hydroxylation is 1. The topological polar surface area (TPSA) is 53.9 Å². The van der Waals surface area contributed by atoms with Crippen molar-refractivity contribution < 1.29 is 0 Å². The average Bonchev–Trinajstić information content (AvgIpc) is 2.99. The van der Waals surface area contributed by atoms with Gasteiger partial charge in [-0.05, 0) is 42.8 Å². The van der Waals surface area contributed by atoms with Crippen LogP contribution in [0.3, 0.4) is 0 Å². The molecule has 1 aliphatic heterocycles. The van der Waals surface area contributed by atoms with E-state index in [1.165, 1.54) is 5.56 Å². The summed E-state index contributed by atoms with van der Waals surface area (Å²) in [5.41, 5.74) is 2.28. The van der Waals surface area contributed by atoms with Crippen LogP contribution in [0.15, 0.2) is 36.1 Å². The lowest BCUT2D eigenvalue weighted by atomic mass is 10.1. The van der Waals surface area contributed by atoms with Gasteiger partial charge in [0.05, 0.1) is 10.2 Å². The number of anilines is 2. The van der Waals surface area contributed by atoms with E-state index in [2.05, 4.69) is 43.5 Å². The van der Waals surface area contributed by atoms with E-state index in [-0.39, 0.29) is 0 Å². The van der Waals surface area contributed by atoms with Crippen molar-refractivity contribution >= 4 is 33.2 Å². The SMILES string of the molecule is Cc1csc2c(N[C@@H]3CCCN(c4ccccn4)C3)ncnc12. The second kappa shape index (κ2) is 6.12. The van der Waals surface area contributed by atoms with Gasteiger partial charge in [0.1, 0.15) is 18.0 Å². The number of hydrogen-bond acceptors (Lipinski definition) is 6. The Morgan fingerprint density at radius 2 is 2.22 bits per heavy atom. The number of piperidine rings is 1. The lowest BCUT2D eigenvalue weighted by Gasteiger charge is -2.34. The molecule has 3 aromatic heterocycles. The molecule has 6 heteroatoms. The summed E-state index contributed by atoms with van der Waals surface area (Å²) in [6, 6.07) is 6.46. The summed E-state index contributed by atoms with van der Waals surface area (Å²) in [4.78, 5) is 15.7. The minimum Gasteiger partial charge on any atom is -0.364 e. The fourth-order valence-electron chi connectivity index (χ4n) is 3.11. The largest absolute Gasteiger partial charge is 0.364 e. The van der Waals surface area contributed by atoms with Crippen molar-refractivity contribution in [2.45, 2.75) is 25.8 Å². The molecule has 4 rings (SSSR count). The predicted molar refractivity (Wildman–Crippen MR) is 95.2 cm³/mol. The van der Waals surface area contributed by atoms with Gasteiger partial charge in [-0.15, -0.1) is 11.3 Å². The molecule has 0 bridgehead atoms. The zero-order chi connectivity index (χ0) is 15.6. The monoisotopic (exact) mass is 325 g/mol. The number of hydrogen-bond donors (Lipinski definition) is 1. The van der Waals surface area contributed by atoms with Crippen LogP contribution in [0.2, 0.25) is 0 Å². The Morgan fingerprint density at radius 1 is 1.26 bits per heavy atom. The molecule has 3 aromatic rings. The summed E-state index contributed by atoms with van der Waals surface area (Å²) in [5, 5.41) is 5.77. The van der Waals surface area contributed by atoms with Crippen LogP contribution in [-0.2, 0) is 0 Å². The van der Waals surface area contributed by atoms with Gasteiger partial charge in [0, 0.05) is 25.3 Å². The molecular formula is C17H19N5S. The van der Waals surface area contributed by atoms with Gasteiger partial charge in [0.2, 0.25) is 0 Å². The van der Waals surface area contributed by atoms with Gasteiger partial charge in [-0.3, -0.25) is 0 Å². The standard InChI is InChI=1S/C17H19N5S/c1-12-10-23-16-15(12)19-11-20-17(16)21-13-5-4-8-22(9-13)14-6-2-3-7-18-14/h2-3,6-7,10-11,13H,4-5,8-9H2,1H3,(H,19,20,21)/t13-/m1/s1. The number of nitrogens with one attached hydrogen (secondary N) is 1. The number of pyridine rings is 1. The molecule has 0 saturated carbocycles. The van der Waals surface area contributed by atoms with Gasteiger partial charge in [0.15, 0.2) is 0 Å². The van der Waals surface area contributed by atoms with E-state index in [0.29, 0.717) is 6.04 Å². The Morgan fingerprint density at radius 3 is 3.09 bits per heavy atom. The van der Waals surface area contributed by atoms with E-state index >= 15 is 0 Å². The van der Waals surface area contributed by atoms with Gasteiger partial charge >= 0.3 is 0 Å². The molecule has 1 aliphatic rings. The highest BCUT2D eigenvalue weighted by Crippen LogP contribution is 2.29. The van der Waals surface area contributed by atoms with Crippen LogP contribution in [0.5, 0.6) is 0 Å². The fraction of sp³-hybridized carbons (Fsp3) is 0.353. The summed E-state index contributed by atoms with van der Waals surface area (Å²) in [6.07, 6.45) is 5.82. The van der Waals surface area contributed by atoms with Gasteiger partial charge in [-0.1, -0.05) is 6.07 Å². The van der Waals surface area contributed by atoms with E-state index in [0.717, 1.165) is 47.8 Å². The zero-order valence-corrected chi connectivity index (χ0v) is 13.9. The molecule has 118 valence electrons. The van der Waals surface area contributed by atoms with E-state index in [4.69, 9.17) is 0 Å². The molecule has 0 unspecified atom stereocenters. The predicted octanol–water partition coefficient (Wildman–Crippen LogP) is 3.48. The number of fused-ring (bicyclic) bond motifs is 1. The second-order valence-electron chi connectivity index (χ2n) is 5.94. The summed E-state index contributed by atoms with van der Waals surface area (Å²) < 4.78 is 1.15. The van der Waals surface area contributed by atoms with Crippen LogP contribution >= 0.6 is 11.3 Å². The average molecular weight is 325 g/mol. The van der Waals surface area contributed by atoms with Crippen molar-refractivity contribution in [3.63, 3.8) is 0 Å². The summed E-state index contributed by atoms with van der Waals surface area (Å²) >= 11 is 1.71. The first-order valence-corrected chi connectivity index (χ1v) is 8.80. The normalized spacial score (nSPS) is 18.3. The van der Waals surface area contributed by atoms with Crippen molar-refractivity contribution in [2.75, 3.05) is 23.3 Å². The maximum Gasteiger partial charge on any atom is 0.147 e. The number of nitrogens with zero attached hydrogens (tertiary/aromatic N) is 4. The maximum absolute atomic E-state index is 4.47. The molecule has 5 nitrogen and oxygen atoms in total. The highest BCUT2D eigenvalue weighted by molar-refractivity contribution is 7.18. The molecule has 23 heavy (non-hydrogen) atoms. The molecule has 0 aromatic carbocycles. The highest BCUT2D eigenvalue weighted by atomic mass is 32.1. The molecule has 1 fully saturated rings. The molecule has 1 atom stereocenters. The third-order valence-electron chi connectivity index (χ3n) is 4.27. The lowest BCUT2D eigenvalue weighted by Crippen LogP contribution is -2.42. The first-order chi connectivity index (χ1) is 11.3. The molecule has 1 saturated heterocycles. The number of thiophene rings is 1. The van der Waals surface area contributed by atoms with Crippen molar-refractivity contribution in [3.05, 3.63) is 41.7 Å². The zero-order valence-electron chi connectivity index (χ0n) is 13.1. The van der Waals surface area contributed by atoms with Crippen molar-refractivity contribution in [3.8, 4) is 0 Å². The first kappa shape index (κ1) is 14.4. The van der Waals surface area contributed by atoms with Crippen LogP contribution in [0.1, 0.15) is 18.4 Å². The Hall–Kier alpha value is -2.21. The van der Waals surface area contributed by atoms with Crippen LogP contribution in [-0.4, -0.2) is 34.1 Å². The summed E-state index contributed by atoms with van der Waals surface area (Å²) in [7, 11) is 0. The van der Waals surface area contributed by atoms with Crippen LogP contribution in [0.4, 0.5) is 11.6 Å². The first-order valence-electron chi connectivity index (χ1n) is 7.92. The van der Waals surface area contributed by atoms with Crippen molar-refractivity contribution in [1.82, 2.24) is 15.0 Å². The molecule has 4 heterocycles. The fourth-order valence-corrected chi connectivity index (χ4v) is 4.06. The molecular weight excluding hydrogens is 306 g/mol. The van der Waals surface area contributed by atoms with Crippen molar-refractivity contribution in [2.24, 2.45) is 0 Å². The molecule has 0 spiro atoms. The molecule has 1 N–H and O–H groups in total. The molecule has 0 radical (unpaired) electrons. The minimum absolute atomic E-state index is 0.381. The Balaban J connectivity index is 1.54. The minimum atomic E-state index is 0.381. The second-order valence-corrected chi connectivity index (χ2v) is 6.82. The summed E-state index contributed by atoms with van der Waals surface area (Å²) in [5.74, 6) is 2.01. The smallest absolute Gasteiger partial charge is 0.147 e. The third-order valence-corrected chi connectivity index (χ3v) is 5.36. The molecule has 0 amide bonds. The highest BCUT2D eigenvalue weighted by Gasteiger charge is 2.22. The lowest BCUT2D eigenvalue weighted by molar-refractivity contribution is 0.526. The van der Waals surface area contributed by atoms with E-state index in [9.17, 15) is 0 Å².